The summed E-state index contributed by atoms with van der Waals surface area (Å²) in [5.41, 5.74) is 3.65. The second-order valence-electron chi connectivity index (χ2n) is 9.71. The van der Waals surface area contributed by atoms with Crippen LogP contribution in [0.15, 0.2) is 55.0 Å². The monoisotopic (exact) mass is 513 g/mol. The first-order chi connectivity index (χ1) is 18.1. The van der Waals surface area contributed by atoms with E-state index in [2.05, 4.69) is 62.1 Å². The van der Waals surface area contributed by atoms with Gasteiger partial charge in [-0.3, -0.25) is 14.6 Å². The topological polar surface area (TPSA) is 139 Å². The SMILES string of the molecule is CNC(=O)c1cc(Nc2cc(C(=O)Nc3ccnc(C(C)(C)C)c3)ccc2C)n(-c2cc(NC)ncn2)n1. The van der Waals surface area contributed by atoms with E-state index in [1.165, 1.54) is 18.1 Å². The zero-order valence-electron chi connectivity index (χ0n) is 22.2. The fourth-order valence-electron chi connectivity index (χ4n) is 3.64. The number of rotatable bonds is 7. The molecule has 1 aromatic carbocycles. The number of benzene rings is 1. The van der Waals surface area contributed by atoms with E-state index in [0.29, 0.717) is 34.4 Å². The molecule has 0 radical (unpaired) electrons. The summed E-state index contributed by atoms with van der Waals surface area (Å²) in [7, 11) is 3.29. The van der Waals surface area contributed by atoms with Crippen molar-refractivity contribution in [1.29, 1.82) is 0 Å². The molecule has 11 heteroatoms. The molecule has 196 valence electrons. The maximum atomic E-state index is 13.1. The Morgan fingerprint density at radius 1 is 0.921 bits per heavy atom. The normalized spacial score (nSPS) is 11.1. The zero-order valence-corrected chi connectivity index (χ0v) is 22.2. The number of anilines is 4. The van der Waals surface area contributed by atoms with Crippen molar-refractivity contribution >= 4 is 34.8 Å². The summed E-state index contributed by atoms with van der Waals surface area (Å²) in [5.74, 6) is 0.952. The molecular formula is C27H31N9O2. The second-order valence-corrected chi connectivity index (χ2v) is 9.71. The predicted molar refractivity (Wildman–Crippen MR) is 147 cm³/mol. The maximum absolute atomic E-state index is 13.1. The van der Waals surface area contributed by atoms with Crippen molar-refractivity contribution in [3.05, 3.63) is 77.5 Å². The Kier molecular flexibility index (Phi) is 7.38. The van der Waals surface area contributed by atoms with Crippen LogP contribution in [0.25, 0.3) is 5.82 Å². The van der Waals surface area contributed by atoms with Crippen LogP contribution < -0.4 is 21.3 Å². The Balaban J connectivity index is 1.65. The maximum Gasteiger partial charge on any atom is 0.271 e. The molecule has 2 amide bonds. The Morgan fingerprint density at radius 2 is 1.71 bits per heavy atom. The van der Waals surface area contributed by atoms with Gasteiger partial charge in [0.2, 0.25) is 0 Å². The number of carbonyl (C=O) groups excluding carboxylic acids is 2. The number of aryl methyl sites for hydroxylation is 1. The smallest absolute Gasteiger partial charge is 0.271 e. The Bertz CT molecular complexity index is 1490. The third kappa shape index (κ3) is 5.77. The molecule has 0 spiro atoms. The second kappa shape index (κ2) is 10.7. The van der Waals surface area contributed by atoms with Gasteiger partial charge < -0.3 is 21.3 Å². The van der Waals surface area contributed by atoms with Crippen LogP contribution in [0.2, 0.25) is 0 Å². The van der Waals surface area contributed by atoms with Crippen LogP contribution >= 0.6 is 0 Å². The first kappa shape index (κ1) is 26.3. The first-order valence-corrected chi connectivity index (χ1v) is 12.1. The predicted octanol–water partition coefficient (Wildman–Crippen LogP) is 4.06. The van der Waals surface area contributed by atoms with Gasteiger partial charge in [-0.15, -0.1) is 0 Å². The van der Waals surface area contributed by atoms with E-state index in [0.717, 1.165) is 11.3 Å². The van der Waals surface area contributed by atoms with Gasteiger partial charge in [-0.25, -0.2) is 9.97 Å². The molecule has 4 aromatic rings. The highest BCUT2D eigenvalue weighted by Gasteiger charge is 2.19. The van der Waals surface area contributed by atoms with Gasteiger partial charge in [-0.1, -0.05) is 26.8 Å². The number of pyridine rings is 1. The van der Waals surface area contributed by atoms with Crippen LogP contribution in [0.1, 0.15) is 52.9 Å². The molecular weight excluding hydrogens is 482 g/mol. The van der Waals surface area contributed by atoms with E-state index in [1.807, 2.05) is 19.1 Å². The number of nitrogens with one attached hydrogen (secondary N) is 4. The zero-order chi connectivity index (χ0) is 27.4. The fraction of sp³-hybridized carbons (Fsp3) is 0.259. The molecule has 0 bridgehead atoms. The van der Waals surface area contributed by atoms with E-state index in [4.69, 9.17) is 0 Å². The minimum atomic E-state index is -0.341. The quantitative estimate of drug-likeness (QED) is 0.290. The number of hydrogen-bond donors (Lipinski definition) is 4. The minimum absolute atomic E-state index is 0.143. The Morgan fingerprint density at radius 3 is 2.42 bits per heavy atom. The average Bonchev–Trinajstić information content (AvgIpc) is 3.33. The molecule has 4 N–H and O–H groups in total. The van der Waals surface area contributed by atoms with E-state index < -0.39 is 0 Å². The van der Waals surface area contributed by atoms with Crippen LogP contribution in [-0.4, -0.2) is 50.6 Å². The van der Waals surface area contributed by atoms with Gasteiger partial charge in [0.1, 0.15) is 18.0 Å². The molecule has 38 heavy (non-hydrogen) atoms. The number of nitrogens with zero attached hydrogens (tertiary/aromatic N) is 5. The summed E-state index contributed by atoms with van der Waals surface area (Å²) in [5, 5.41) is 16.3. The molecule has 0 fully saturated rings. The highest BCUT2D eigenvalue weighted by molar-refractivity contribution is 6.05. The van der Waals surface area contributed by atoms with Gasteiger partial charge in [0.05, 0.1) is 0 Å². The third-order valence-corrected chi connectivity index (χ3v) is 5.84. The van der Waals surface area contributed by atoms with Crippen LogP contribution in [0.3, 0.4) is 0 Å². The molecule has 3 aromatic heterocycles. The van der Waals surface area contributed by atoms with Crippen molar-refractivity contribution in [1.82, 2.24) is 30.0 Å². The highest BCUT2D eigenvalue weighted by Crippen LogP contribution is 2.26. The third-order valence-electron chi connectivity index (χ3n) is 5.84. The highest BCUT2D eigenvalue weighted by atomic mass is 16.2. The summed E-state index contributed by atoms with van der Waals surface area (Å²) in [6.07, 6.45) is 3.10. The van der Waals surface area contributed by atoms with E-state index in [-0.39, 0.29) is 22.9 Å². The summed E-state index contributed by atoms with van der Waals surface area (Å²) in [4.78, 5) is 38.3. The first-order valence-electron chi connectivity index (χ1n) is 12.1. The standard InChI is InChI=1S/C27H31N9O2/c1-16-7-8-17(25(37)33-18-9-10-30-21(12-18)27(2,3)4)11-19(16)34-24-13-20(26(38)29-6)35-36(24)23-14-22(28-5)31-15-32-23/h7-15,34H,1-6H3,(H,29,38)(H,28,31,32)(H,30,33,37). The number of amides is 2. The Hall–Kier alpha value is -4.80. The molecule has 0 atom stereocenters. The van der Waals surface area contributed by atoms with Crippen molar-refractivity contribution in [3.63, 3.8) is 0 Å². The molecule has 3 heterocycles. The average molecular weight is 514 g/mol. The molecule has 0 saturated heterocycles. The van der Waals surface area contributed by atoms with Crippen molar-refractivity contribution < 1.29 is 9.59 Å². The van der Waals surface area contributed by atoms with Crippen molar-refractivity contribution in [2.75, 3.05) is 30.0 Å². The summed E-state index contributed by atoms with van der Waals surface area (Å²) in [6.45, 7) is 8.13. The number of aromatic nitrogens is 5. The number of hydrogen-bond acceptors (Lipinski definition) is 8. The lowest BCUT2D eigenvalue weighted by Crippen LogP contribution is -2.18. The van der Waals surface area contributed by atoms with Crippen molar-refractivity contribution in [2.24, 2.45) is 0 Å². The van der Waals surface area contributed by atoms with Gasteiger partial charge in [0.25, 0.3) is 11.8 Å². The van der Waals surface area contributed by atoms with Crippen molar-refractivity contribution in [2.45, 2.75) is 33.1 Å². The summed E-state index contributed by atoms with van der Waals surface area (Å²) in [6, 6.07) is 12.4. The van der Waals surface area contributed by atoms with Crippen LogP contribution in [0, 0.1) is 6.92 Å². The van der Waals surface area contributed by atoms with Gasteiger partial charge in [-0.05, 0) is 36.8 Å². The molecule has 0 aliphatic carbocycles. The number of carbonyl (C=O) groups is 2. The van der Waals surface area contributed by atoms with E-state index in [9.17, 15) is 9.59 Å². The van der Waals surface area contributed by atoms with Crippen LogP contribution in [0.4, 0.5) is 23.0 Å². The van der Waals surface area contributed by atoms with E-state index in [1.54, 1.807) is 43.6 Å². The van der Waals surface area contributed by atoms with Crippen LogP contribution in [0.5, 0.6) is 0 Å². The summed E-state index contributed by atoms with van der Waals surface area (Å²) < 4.78 is 1.52. The molecule has 0 aliphatic heterocycles. The minimum Gasteiger partial charge on any atom is -0.373 e. The molecule has 0 unspecified atom stereocenters. The molecule has 0 saturated carbocycles. The lowest BCUT2D eigenvalue weighted by atomic mass is 9.91. The van der Waals surface area contributed by atoms with E-state index >= 15 is 0 Å². The van der Waals surface area contributed by atoms with Gasteiger partial charge in [0.15, 0.2) is 11.5 Å². The molecule has 0 aliphatic rings. The fourth-order valence-corrected chi connectivity index (χ4v) is 3.64. The lowest BCUT2D eigenvalue weighted by molar-refractivity contribution is 0.0956. The molecule has 4 rings (SSSR count). The lowest BCUT2D eigenvalue weighted by Gasteiger charge is -2.18. The van der Waals surface area contributed by atoms with Gasteiger partial charge >= 0.3 is 0 Å². The molecule has 11 nitrogen and oxygen atoms in total. The van der Waals surface area contributed by atoms with Gasteiger partial charge in [-0.2, -0.15) is 9.78 Å². The largest absolute Gasteiger partial charge is 0.373 e. The van der Waals surface area contributed by atoms with Gasteiger partial charge in [0, 0.05) is 60.5 Å². The summed E-state index contributed by atoms with van der Waals surface area (Å²) >= 11 is 0. The van der Waals surface area contributed by atoms with Crippen molar-refractivity contribution in [3.8, 4) is 5.82 Å². The van der Waals surface area contributed by atoms with Crippen LogP contribution in [-0.2, 0) is 5.41 Å². The Labute approximate surface area is 221 Å².